The highest BCUT2D eigenvalue weighted by Crippen LogP contribution is 2.19. The zero-order chi connectivity index (χ0) is 8.27. The van der Waals surface area contributed by atoms with Crippen molar-refractivity contribution in [3.8, 4) is 0 Å². The van der Waals surface area contributed by atoms with Gasteiger partial charge in [-0.1, -0.05) is 13.3 Å². The summed E-state index contributed by atoms with van der Waals surface area (Å²) in [6.45, 7) is 2.64. The van der Waals surface area contributed by atoms with Gasteiger partial charge in [0.25, 0.3) is 0 Å². The van der Waals surface area contributed by atoms with Gasteiger partial charge in [-0.3, -0.25) is 5.10 Å². The lowest BCUT2D eigenvalue weighted by atomic mass is 10.2. The molecule has 0 atom stereocenters. The van der Waals surface area contributed by atoms with Crippen LogP contribution in [0.4, 0.5) is 0 Å². The molecule has 1 aromatic rings. The molecule has 0 spiro atoms. The molecule has 0 aliphatic rings. The minimum Gasteiger partial charge on any atom is -0.325 e. The molecule has 0 unspecified atom stereocenters. The van der Waals surface area contributed by atoms with Gasteiger partial charge >= 0.3 is 0 Å². The number of halogens is 1. The molecular weight excluding hydrogens is 206 g/mol. The highest BCUT2D eigenvalue weighted by Gasteiger charge is 2.06. The van der Waals surface area contributed by atoms with Gasteiger partial charge in [-0.2, -0.15) is 5.10 Å². The van der Waals surface area contributed by atoms with Gasteiger partial charge < -0.3 is 5.73 Å². The van der Waals surface area contributed by atoms with Crippen molar-refractivity contribution in [3.63, 3.8) is 0 Å². The topological polar surface area (TPSA) is 54.7 Å². The van der Waals surface area contributed by atoms with Crippen molar-refractivity contribution in [1.29, 1.82) is 0 Å². The minimum absolute atomic E-state index is 0.511. The van der Waals surface area contributed by atoms with Gasteiger partial charge in [0.2, 0.25) is 0 Å². The molecule has 4 heteroatoms. The van der Waals surface area contributed by atoms with E-state index in [2.05, 4.69) is 33.1 Å². The van der Waals surface area contributed by atoms with Crippen LogP contribution < -0.4 is 5.73 Å². The smallest absolute Gasteiger partial charge is 0.0767 e. The third-order valence-corrected chi connectivity index (χ3v) is 2.47. The molecule has 0 aromatic carbocycles. The van der Waals surface area contributed by atoms with Gasteiger partial charge in [0.05, 0.1) is 15.9 Å². The van der Waals surface area contributed by atoms with E-state index >= 15 is 0 Å². The summed E-state index contributed by atoms with van der Waals surface area (Å²) in [6.07, 6.45) is 2.10. The summed E-state index contributed by atoms with van der Waals surface area (Å²) in [7, 11) is 0. The lowest BCUT2D eigenvalue weighted by Gasteiger charge is -1.92. The van der Waals surface area contributed by atoms with Crippen LogP contribution in [0.3, 0.4) is 0 Å². The fourth-order valence-electron chi connectivity index (χ4n) is 0.945. The molecule has 1 heterocycles. The number of nitrogens with zero attached hydrogens (tertiary/aromatic N) is 1. The third kappa shape index (κ3) is 1.81. The quantitative estimate of drug-likeness (QED) is 0.809. The first-order valence-corrected chi connectivity index (χ1v) is 4.50. The fraction of sp³-hybridized carbons (Fsp3) is 0.571. The van der Waals surface area contributed by atoms with E-state index in [0.29, 0.717) is 6.54 Å². The Hall–Kier alpha value is -0.350. The predicted molar refractivity (Wildman–Crippen MR) is 48.2 cm³/mol. The molecule has 0 fully saturated rings. The summed E-state index contributed by atoms with van der Waals surface area (Å²) in [5.41, 5.74) is 7.52. The van der Waals surface area contributed by atoms with Gasteiger partial charge in [-0.15, -0.1) is 0 Å². The van der Waals surface area contributed by atoms with Gasteiger partial charge in [0.15, 0.2) is 0 Å². The number of rotatable bonds is 3. The zero-order valence-electron chi connectivity index (χ0n) is 6.52. The molecule has 0 amide bonds. The van der Waals surface area contributed by atoms with Crippen LogP contribution in [0.25, 0.3) is 0 Å². The first-order valence-electron chi connectivity index (χ1n) is 3.71. The molecular formula is C7H12BrN3. The van der Waals surface area contributed by atoms with Crippen LogP contribution in [0.1, 0.15) is 24.7 Å². The second-order valence-electron chi connectivity index (χ2n) is 2.42. The monoisotopic (exact) mass is 217 g/mol. The van der Waals surface area contributed by atoms with Crippen molar-refractivity contribution >= 4 is 15.9 Å². The summed E-state index contributed by atoms with van der Waals surface area (Å²) >= 11 is 3.44. The van der Waals surface area contributed by atoms with Crippen molar-refractivity contribution in [1.82, 2.24) is 10.2 Å². The van der Waals surface area contributed by atoms with Crippen LogP contribution in [-0.4, -0.2) is 10.2 Å². The summed E-state index contributed by atoms with van der Waals surface area (Å²) in [5, 5.41) is 7.01. The van der Waals surface area contributed by atoms with E-state index in [4.69, 9.17) is 5.73 Å². The number of hydrogen-bond acceptors (Lipinski definition) is 2. The molecule has 0 bridgehead atoms. The zero-order valence-corrected chi connectivity index (χ0v) is 8.11. The lowest BCUT2D eigenvalue weighted by Crippen LogP contribution is -1.96. The van der Waals surface area contributed by atoms with Crippen LogP contribution in [0.2, 0.25) is 0 Å². The molecule has 0 saturated heterocycles. The standard InChI is InChI=1S/C7H12BrN3/c1-2-3-5-7(8)6(4-9)11-10-5/h2-4,9H2,1H3,(H,10,11). The lowest BCUT2D eigenvalue weighted by molar-refractivity contribution is 0.858. The maximum absolute atomic E-state index is 5.46. The number of aromatic amines is 1. The normalized spacial score (nSPS) is 10.5. The molecule has 11 heavy (non-hydrogen) atoms. The fourth-order valence-corrected chi connectivity index (χ4v) is 1.48. The van der Waals surface area contributed by atoms with E-state index in [0.717, 1.165) is 28.7 Å². The summed E-state index contributed by atoms with van der Waals surface area (Å²) in [6, 6.07) is 0. The van der Waals surface area contributed by atoms with Crippen LogP contribution in [-0.2, 0) is 13.0 Å². The van der Waals surface area contributed by atoms with E-state index < -0.39 is 0 Å². The second-order valence-corrected chi connectivity index (χ2v) is 3.21. The molecule has 1 rings (SSSR count). The Morgan fingerprint density at radius 3 is 2.82 bits per heavy atom. The first-order chi connectivity index (χ1) is 5.29. The SMILES string of the molecule is CCCc1n[nH]c(CN)c1Br. The molecule has 3 nitrogen and oxygen atoms in total. The molecule has 0 radical (unpaired) electrons. The minimum atomic E-state index is 0.511. The van der Waals surface area contributed by atoms with Crippen molar-refractivity contribution in [2.24, 2.45) is 5.73 Å². The Kier molecular flexibility index (Phi) is 3.08. The molecule has 0 aliphatic carbocycles. The number of nitrogens with two attached hydrogens (primary N) is 1. The largest absolute Gasteiger partial charge is 0.325 e. The number of nitrogens with one attached hydrogen (secondary N) is 1. The van der Waals surface area contributed by atoms with Gasteiger partial charge in [-0.05, 0) is 22.4 Å². The van der Waals surface area contributed by atoms with Crippen molar-refractivity contribution in [2.75, 3.05) is 0 Å². The molecule has 3 N–H and O–H groups in total. The average Bonchev–Trinajstić information content (AvgIpc) is 2.34. The van der Waals surface area contributed by atoms with Crippen molar-refractivity contribution in [3.05, 3.63) is 15.9 Å². The van der Waals surface area contributed by atoms with E-state index in [-0.39, 0.29) is 0 Å². The van der Waals surface area contributed by atoms with Gasteiger partial charge in [0, 0.05) is 6.54 Å². The van der Waals surface area contributed by atoms with Crippen LogP contribution >= 0.6 is 15.9 Å². The highest BCUT2D eigenvalue weighted by molar-refractivity contribution is 9.10. The van der Waals surface area contributed by atoms with E-state index in [1.54, 1.807) is 0 Å². The van der Waals surface area contributed by atoms with E-state index in [9.17, 15) is 0 Å². The van der Waals surface area contributed by atoms with Crippen LogP contribution in [0.15, 0.2) is 4.47 Å². The van der Waals surface area contributed by atoms with Crippen LogP contribution in [0.5, 0.6) is 0 Å². The maximum atomic E-state index is 5.46. The highest BCUT2D eigenvalue weighted by atomic mass is 79.9. The average molecular weight is 218 g/mol. The number of aryl methyl sites for hydroxylation is 1. The molecule has 1 aromatic heterocycles. The Bertz CT molecular complexity index is 232. The molecule has 0 saturated carbocycles. The summed E-state index contributed by atoms with van der Waals surface area (Å²) in [5.74, 6) is 0. The van der Waals surface area contributed by atoms with Gasteiger partial charge in [-0.25, -0.2) is 0 Å². The Balaban J connectivity index is 2.82. The number of aromatic nitrogens is 2. The molecule has 0 aliphatic heterocycles. The first kappa shape index (κ1) is 8.74. The Morgan fingerprint density at radius 2 is 2.36 bits per heavy atom. The van der Waals surface area contributed by atoms with E-state index in [1.165, 1.54) is 0 Å². The van der Waals surface area contributed by atoms with Gasteiger partial charge in [0.1, 0.15) is 0 Å². The second kappa shape index (κ2) is 3.88. The predicted octanol–water partition coefficient (Wildman–Crippen LogP) is 1.58. The Labute approximate surface area is 74.5 Å². The maximum Gasteiger partial charge on any atom is 0.0767 e. The van der Waals surface area contributed by atoms with Crippen molar-refractivity contribution < 1.29 is 0 Å². The Morgan fingerprint density at radius 1 is 1.64 bits per heavy atom. The summed E-state index contributed by atoms with van der Waals surface area (Å²) in [4.78, 5) is 0. The van der Waals surface area contributed by atoms with E-state index in [1.807, 2.05) is 0 Å². The number of H-pyrrole nitrogens is 1. The third-order valence-electron chi connectivity index (χ3n) is 1.54. The van der Waals surface area contributed by atoms with Crippen LogP contribution in [0, 0.1) is 0 Å². The number of hydrogen-bond donors (Lipinski definition) is 2. The van der Waals surface area contributed by atoms with Crippen molar-refractivity contribution in [2.45, 2.75) is 26.3 Å². The molecule has 62 valence electrons. The summed E-state index contributed by atoms with van der Waals surface area (Å²) < 4.78 is 1.04.